The minimum atomic E-state index is -3.55. The van der Waals surface area contributed by atoms with E-state index in [-0.39, 0.29) is 4.90 Å². The predicted octanol–water partition coefficient (Wildman–Crippen LogP) is 1.77. The van der Waals surface area contributed by atoms with E-state index in [1.165, 1.54) is 13.2 Å². The van der Waals surface area contributed by atoms with Gasteiger partial charge in [0, 0.05) is 24.7 Å². The van der Waals surface area contributed by atoms with Crippen molar-refractivity contribution in [2.75, 3.05) is 27.4 Å². The molecular weight excluding hydrogens is 322 g/mol. The van der Waals surface area contributed by atoms with E-state index in [1.54, 1.807) is 19.2 Å². The third-order valence-corrected chi connectivity index (χ3v) is 4.23. The molecule has 0 aliphatic heterocycles. The number of ether oxygens (including phenoxy) is 2. The molecule has 1 N–H and O–H groups in total. The molecule has 0 radical (unpaired) electrons. The number of nitrogens with one attached hydrogen (secondary N) is 1. The van der Waals surface area contributed by atoms with Crippen molar-refractivity contribution in [1.29, 1.82) is 0 Å². The van der Waals surface area contributed by atoms with E-state index in [1.807, 2.05) is 0 Å². The first-order chi connectivity index (χ1) is 8.51. The number of sulfonamides is 1. The highest BCUT2D eigenvalue weighted by molar-refractivity contribution is 9.10. The zero-order valence-electron chi connectivity index (χ0n) is 10.3. The third kappa shape index (κ3) is 4.24. The van der Waals surface area contributed by atoms with E-state index in [9.17, 15) is 8.42 Å². The lowest BCUT2D eigenvalue weighted by atomic mass is 10.3. The van der Waals surface area contributed by atoms with Crippen LogP contribution in [0.15, 0.2) is 27.6 Å². The first-order valence-corrected chi connectivity index (χ1v) is 7.61. The lowest BCUT2D eigenvalue weighted by Gasteiger charge is -2.10. The van der Waals surface area contributed by atoms with Gasteiger partial charge >= 0.3 is 0 Å². The van der Waals surface area contributed by atoms with Crippen molar-refractivity contribution in [3.63, 3.8) is 0 Å². The van der Waals surface area contributed by atoms with Gasteiger partial charge in [-0.05, 0) is 24.6 Å². The lowest BCUT2D eigenvalue weighted by Crippen LogP contribution is -2.26. The number of benzene rings is 1. The van der Waals surface area contributed by atoms with Crippen molar-refractivity contribution in [2.24, 2.45) is 0 Å². The van der Waals surface area contributed by atoms with Gasteiger partial charge in [-0.15, -0.1) is 0 Å². The monoisotopic (exact) mass is 337 g/mol. The van der Waals surface area contributed by atoms with Gasteiger partial charge in [0.15, 0.2) is 0 Å². The van der Waals surface area contributed by atoms with Crippen LogP contribution in [0.2, 0.25) is 0 Å². The lowest BCUT2D eigenvalue weighted by molar-refractivity contribution is 0.196. The van der Waals surface area contributed by atoms with Crippen molar-refractivity contribution >= 4 is 26.0 Å². The second-order valence-electron chi connectivity index (χ2n) is 3.54. The van der Waals surface area contributed by atoms with Crippen LogP contribution in [-0.2, 0) is 14.8 Å². The molecule has 1 aromatic rings. The molecule has 7 heteroatoms. The molecule has 0 saturated carbocycles. The molecule has 0 aliphatic carbocycles. The molecule has 0 atom stereocenters. The van der Waals surface area contributed by atoms with Crippen LogP contribution in [0.1, 0.15) is 6.42 Å². The first kappa shape index (κ1) is 15.4. The smallest absolute Gasteiger partial charge is 0.244 e. The maximum Gasteiger partial charge on any atom is 0.244 e. The van der Waals surface area contributed by atoms with Gasteiger partial charge in [0.1, 0.15) is 10.6 Å². The summed E-state index contributed by atoms with van der Waals surface area (Å²) in [5.74, 6) is 0.309. The Morgan fingerprint density at radius 1 is 1.33 bits per heavy atom. The van der Waals surface area contributed by atoms with E-state index < -0.39 is 10.0 Å². The molecular formula is C11H16BrNO4S. The van der Waals surface area contributed by atoms with Crippen LogP contribution in [0.3, 0.4) is 0 Å². The fraction of sp³-hybridized carbons (Fsp3) is 0.455. The molecule has 0 saturated heterocycles. The highest BCUT2D eigenvalue weighted by Gasteiger charge is 2.18. The fourth-order valence-corrected chi connectivity index (χ4v) is 2.93. The summed E-state index contributed by atoms with van der Waals surface area (Å²) < 4.78 is 37.3. The highest BCUT2D eigenvalue weighted by Crippen LogP contribution is 2.27. The molecule has 0 amide bonds. The summed E-state index contributed by atoms with van der Waals surface area (Å²) in [5.41, 5.74) is 0. The van der Waals surface area contributed by atoms with Gasteiger partial charge in [-0.25, -0.2) is 13.1 Å². The van der Waals surface area contributed by atoms with Gasteiger partial charge in [0.2, 0.25) is 10.0 Å². The number of hydrogen-bond acceptors (Lipinski definition) is 4. The van der Waals surface area contributed by atoms with Gasteiger partial charge in [-0.2, -0.15) is 0 Å². The Bertz CT molecular complexity index is 490. The number of hydrogen-bond donors (Lipinski definition) is 1. The van der Waals surface area contributed by atoms with Crippen molar-refractivity contribution in [3.8, 4) is 5.75 Å². The van der Waals surface area contributed by atoms with Crippen molar-refractivity contribution in [2.45, 2.75) is 11.3 Å². The molecule has 0 aliphatic rings. The normalized spacial score (nSPS) is 11.5. The van der Waals surface area contributed by atoms with Gasteiger partial charge in [-0.1, -0.05) is 15.9 Å². The molecule has 0 unspecified atom stereocenters. The average molecular weight is 338 g/mol. The number of rotatable bonds is 7. The largest absolute Gasteiger partial charge is 0.495 e. The van der Waals surface area contributed by atoms with E-state index in [0.29, 0.717) is 25.3 Å². The minimum Gasteiger partial charge on any atom is -0.495 e. The van der Waals surface area contributed by atoms with E-state index in [2.05, 4.69) is 20.7 Å². The summed E-state index contributed by atoms with van der Waals surface area (Å²) in [5, 5.41) is 0. The number of halogens is 1. The van der Waals surface area contributed by atoms with Crippen molar-refractivity contribution < 1.29 is 17.9 Å². The topological polar surface area (TPSA) is 64.6 Å². The summed E-state index contributed by atoms with van der Waals surface area (Å²) in [4.78, 5) is 0.130. The van der Waals surface area contributed by atoms with E-state index >= 15 is 0 Å². The van der Waals surface area contributed by atoms with Crippen LogP contribution in [0.25, 0.3) is 0 Å². The number of methoxy groups -OCH3 is 2. The Morgan fingerprint density at radius 3 is 2.67 bits per heavy atom. The molecule has 1 aromatic carbocycles. The van der Waals surface area contributed by atoms with Gasteiger partial charge < -0.3 is 9.47 Å². The second kappa shape index (κ2) is 7.08. The Hall–Kier alpha value is -0.630. The average Bonchev–Trinajstić information content (AvgIpc) is 2.34. The Labute approximate surface area is 116 Å². The maximum atomic E-state index is 12.0. The molecule has 0 heterocycles. The summed E-state index contributed by atoms with van der Waals surface area (Å²) >= 11 is 3.27. The van der Waals surface area contributed by atoms with Crippen LogP contribution in [0.4, 0.5) is 0 Å². The SMILES string of the molecule is COCCCNS(=O)(=O)c1ccc(Br)cc1OC. The maximum absolute atomic E-state index is 12.0. The minimum absolute atomic E-state index is 0.130. The van der Waals surface area contributed by atoms with E-state index in [4.69, 9.17) is 9.47 Å². The second-order valence-corrected chi connectivity index (χ2v) is 6.19. The van der Waals surface area contributed by atoms with Crippen LogP contribution in [-0.4, -0.2) is 35.8 Å². The molecule has 0 fully saturated rings. The standard InChI is InChI=1S/C11H16BrNO4S/c1-16-7-3-6-13-18(14,15)11-5-4-9(12)8-10(11)17-2/h4-5,8,13H,3,6-7H2,1-2H3. The summed E-state index contributed by atoms with van der Waals surface area (Å²) in [6.45, 7) is 0.843. The third-order valence-electron chi connectivity index (χ3n) is 2.23. The van der Waals surface area contributed by atoms with Gasteiger partial charge in [0.25, 0.3) is 0 Å². The Balaban J connectivity index is 2.84. The van der Waals surface area contributed by atoms with E-state index in [0.717, 1.165) is 4.47 Å². The van der Waals surface area contributed by atoms with Crippen LogP contribution >= 0.6 is 15.9 Å². The fourth-order valence-electron chi connectivity index (χ4n) is 1.36. The first-order valence-electron chi connectivity index (χ1n) is 5.33. The highest BCUT2D eigenvalue weighted by atomic mass is 79.9. The molecule has 1 rings (SSSR count). The summed E-state index contributed by atoms with van der Waals surface area (Å²) in [6, 6.07) is 4.78. The van der Waals surface area contributed by atoms with Crippen LogP contribution < -0.4 is 9.46 Å². The van der Waals surface area contributed by atoms with Crippen molar-refractivity contribution in [3.05, 3.63) is 22.7 Å². The van der Waals surface area contributed by atoms with Crippen LogP contribution in [0.5, 0.6) is 5.75 Å². The Morgan fingerprint density at radius 2 is 2.06 bits per heavy atom. The molecule has 5 nitrogen and oxygen atoms in total. The molecule has 102 valence electrons. The van der Waals surface area contributed by atoms with Crippen molar-refractivity contribution in [1.82, 2.24) is 4.72 Å². The predicted molar refractivity (Wildman–Crippen MR) is 72.4 cm³/mol. The molecule has 0 aromatic heterocycles. The zero-order valence-corrected chi connectivity index (χ0v) is 12.7. The summed E-state index contributed by atoms with van der Waals surface area (Å²) in [6.07, 6.45) is 0.620. The molecule has 18 heavy (non-hydrogen) atoms. The van der Waals surface area contributed by atoms with Gasteiger partial charge in [-0.3, -0.25) is 0 Å². The zero-order chi connectivity index (χ0) is 13.6. The summed E-state index contributed by atoms with van der Waals surface area (Å²) in [7, 11) is -0.540. The van der Waals surface area contributed by atoms with Crippen LogP contribution in [0, 0.1) is 0 Å². The quantitative estimate of drug-likeness (QED) is 0.770. The Kier molecular flexibility index (Phi) is 6.07. The molecule has 0 spiro atoms. The van der Waals surface area contributed by atoms with Gasteiger partial charge in [0.05, 0.1) is 7.11 Å². The molecule has 0 bridgehead atoms.